The minimum absolute atomic E-state index is 0.165. The Morgan fingerprint density at radius 1 is 1.19 bits per heavy atom. The number of pyridine rings is 1. The van der Waals surface area contributed by atoms with Crippen LogP contribution in [0.5, 0.6) is 0 Å². The second-order valence-electron chi connectivity index (χ2n) is 6.52. The van der Waals surface area contributed by atoms with E-state index in [9.17, 15) is 9.59 Å². The Kier molecular flexibility index (Phi) is 4.75. The fraction of sp³-hybridized carbons (Fsp3) is 0.250. The maximum atomic E-state index is 12.7. The number of benzene rings is 1. The van der Waals surface area contributed by atoms with Crippen LogP contribution in [-0.2, 0) is 13.6 Å². The van der Waals surface area contributed by atoms with Crippen LogP contribution in [0.25, 0.3) is 11.4 Å². The number of aromatic nitrogens is 3. The van der Waals surface area contributed by atoms with E-state index in [0.717, 1.165) is 28.2 Å². The van der Waals surface area contributed by atoms with Crippen molar-refractivity contribution in [2.24, 2.45) is 7.05 Å². The third-order valence-corrected chi connectivity index (χ3v) is 4.48. The van der Waals surface area contributed by atoms with Gasteiger partial charge in [-0.05, 0) is 44.0 Å². The number of hydrogen-bond donors (Lipinski definition) is 2. The first kappa shape index (κ1) is 17.7. The summed E-state index contributed by atoms with van der Waals surface area (Å²) in [6, 6.07) is 7.58. The normalized spacial score (nSPS) is 10.8. The summed E-state index contributed by atoms with van der Waals surface area (Å²) in [7, 11) is 1.91. The van der Waals surface area contributed by atoms with Crippen LogP contribution in [0.2, 0.25) is 0 Å². The average Bonchev–Trinajstić information content (AvgIpc) is 3.00. The van der Waals surface area contributed by atoms with Gasteiger partial charge in [0, 0.05) is 48.4 Å². The molecule has 1 amide bonds. The van der Waals surface area contributed by atoms with Gasteiger partial charge in [-0.2, -0.15) is 0 Å². The zero-order valence-electron chi connectivity index (χ0n) is 15.4. The molecule has 0 saturated heterocycles. The molecule has 3 aromatic rings. The first-order valence-corrected chi connectivity index (χ1v) is 8.42. The van der Waals surface area contributed by atoms with Gasteiger partial charge in [0.15, 0.2) is 0 Å². The quantitative estimate of drug-likeness (QED) is 0.759. The molecule has 3 rings (SSSR count). The molecule has 0 bridgehead atoms. The second kappa shape index (κ2) is 7.00. The number of hydrogen-bond acceptors (Lipinski definition) is 3. The molecule has 2 aromatic heterocycles. The Morgan fingerprint density at radius 3 is 2.62 bits per heavy atom. The van der Waals surface area contributed by atoms with Crippen molar-refractivity contribution in [3.63, 3.8) is 0 Å². The molecule has 6 heteroatoms. The fourth-order valence-electron chi connectivity index (χ4n) is 3.01. The summed E-state index contributed by atoms with van der Waals surface area (Å²) < 4.78 is 1.90. The van der Waals surface area contributed by atoms with Crippen LogP contribution >= 0.6 is 0 Å². The number of carbonyl (C=O) groups excluding carboxylic acids is 1. The van der Waals surface area contributed by atoms with Gasteiger partial charge in [0.05, 0.1) is 0 Å². The smallest absolute Gasteiger partial charge is 0.253 e. The van der Waals surface area contributed by atoms with Gasteiger partial charge in [-0.1, -0.05) is 12.1 Å². The van der Waals surface area contributed by atoms with E-state index in [1.54, 1.807) is 6.20 Å². The van der Waals surface area contributed by atoms with Gasteiger partial charge in [-0.15, -0.1) is 0 Å². The Labute approximate surface area is 151 Å². The summed E-state index contributed by atoms with van der Waals surface area (Å²) in [5, 5.41) is 2.86. The number of H-pyrrole nitrogens is 1. The number of nitrogens with zero attached hydrogens (tertiary/aromatic N) is 2. The lowest BCUT2D eigenvalue weighted by atomic mass is 10.0. The summed E-state index contributed by atoms with van der Waals surface area (Å²) >= 11 is 0. The van der Waals surface area contributed by atoms with Crippen LogP contribution in [0.1, 0.15) is 32.7 Å². The minimum atomic E-state index is -0.210. The molecule has 6 nitrogen and oxygen atoms in total. The van der Waals surface area contributed by atoms with Crippen LogP contribution in [0.15, 0.2) is 41.5 Å². The molecular weight excluding hydrogens is 328 g/mol. The van der Waals surface area contributed by atoms with E-state index in [-0.39, 0.29) is 18.0 Å². The van der Waals surface area contributed by atoms with Crippen molar-refractivity contribution in [2.45, 2.75) is 27.3 Å². The van der Waals surface area contributed by atoms with E-state index in [1.165, 1.54) is 0 Å². The van der Waals surface area contributed by atoms with Crippen molar-refractivity contribution in [3.05, 3.63) is 75.0 Å². The van der Waals surface area contributed by atoms with Gasteiger partial charge < -0.3 is 14.9 Å². The summed E-state index contributed by atoms with van der Waals surface area (Å²) in [5.41, 5.74) is 4.40. The fourth-order valence-corrected chi connectivity index (χ4v) is 3.01. The number of carbonyl (C=O) groups is 1. The lowest BCUT2D eigenvalue weighted by molar-refractivity contribution is 0.0950. The summed E-state index contributed by atoms with van der Waals surface area (Å²) in [4.78, 5) is 31.9. The van der Waals surface area contributed by atoms with Crippen LogP contribution < -0.4 is 10.9 Å². The molecule has 0 aliphatic carbocycles. The maximum Gasteiger partial charge on any atom is 0.253 e. The topological polar surface area (TPSA) is 79.8 Å². The zero-order chi connectivity index (χ0) is 18.8. The zero-order valence-corrected chi connectivity index (χ0v) is 15.4. The first-order chi connectivity index (χ1) is 12.4. The first-order valence-electron chi connectivity index (χ1n) is 8.42. The summed E-state index contributed by atoms with van der Waals surface area (Å²) in [6.45, 7) is 5.79. The Bertz CT molecular complexity index is 1030. The summed E-state index contributed by atoms with van der Waals surface area (Å²) in [5.74, 6) is 0.586. The van der Waals surface area contributed by atoms with E-state index in [0.29, 0.717) is 11.1 Å². The van der Waals surface area contributed by atoms with Crippen LogP contribution in [0.4, 0.5) is 0 Å². The molecule has 134 valence electrons. The van der Waals surface area contributed by atoms with Gasteiger partial charge in [0.2, 0.25) is 0 Å². The molecule has 26 heavy (non-hydrogen) atoms. The van der Waals surface area contributed by atoms with Gasteiger partial charge in [-0.25, -0.2) is 4.98 Å². The van der Waals surface area contributed by atoms with Crippen LogP contribution in [0.3, 0.4) is 0 Å². The van der Waals surface area contributed by atoms with Crippen LogP contribution in [-0.4, -0.2) is 20.4 Å². The van der Waals surface area contributed by atoms with Crippen molar-refractivity contribution < 1.29 is 4.79 Å². The predicted molar refractivity (Wildman–Crippen MR) is 101 cm³/mol. The Morgan fingerprint density at radius 2 is 1.96 bits per heavy atom. The largest absolute Gasteiger partial charge is 0.348 e. The van der Waals surface area contributed by atoms with Gasteiger partial charge in [0.25, 0.3) is 11.5 Å². The van der Waals surface area contributed by atoms with Crippen molar-refractivity contribution in [1.29, 1.82) is 0 Å². The van der Waals surface area contributed by atoms with Gasteiger partial charge >= 0.3 is 0 Å². The Balaban J connectivity index is 1.85. The highest BCUT2D eigenvalue weighted by Gasteiger charge is 2.14. The SMILES string of the molecule is Cc1cc(C)c(CNC(=O)c2cc(-c3nccn3C)ccc2C)c(=O)[nH]1. The predicted octanol–water partition coefficient (Wildman–Crippen LogP) is 2.63. The number of aryl methyl sites for hydroxylation is 4. The highest BCUT2D eigenvalue weighted by Crippen LogP contribution is 2.20. The third-order valence-electron chi connectivity index (χ3n) is 4.48. The van der Waals surface area contributed by atoms with Crippen LogP contribution in [0, 0.1) is 20.8 Å². The van der Waals surface area contributed by atoms with E-state index >= 15 is 0 Å². The lowest BCUT2D eigenvalue weighted by Crippen LogP contribution is -2.28. The molecule has 2 heterocycles. The molecule has 0 radical (unpaired) electrons. The number of amides is 1. The molecule has 0 aliphatic heterocycles. The van der Waals surface area contributed by atoms with Gasteiger partial charge in [-0.3, -0.25) is 9.59 Å². The van der Waals surface area contributed by atoms with Crippen molar-refractivity contribution in [2.75, 3.05) is 0 Å². The molecule has 0 aliphatic rings. The molecule has 2 N–H and O–H groups in total. The average molecular weight is 350 g/mol. The number of nitrogens with one attached hydrogen (secondary N) is 2. The third kappa shape index (κ3) is 3.44. The Hall–Kier alpha value is -3.15. The van der Waals surface area contributed by atoms with E-state index in [2.05, 4.69) is 15.3 Å². The monoisotopic (exact) mass is 350 g/mol. The molecule has 0 fully saturated rings. The van der Waals surface area contributed by atoms with Crippen molar-refractivity contribution in [1.82, 2.24) is 19.9 Å². The number of imidazole rings is 1. The molecule has 1 aromatic carbocycles. The molecule has 0 atom stereocenters. The summed E-state index contributed by atoms with van der Waals surface area (Å²) in [6.07, 6.45) is 3.59. The second-order valence-corrected chi connectivity index (χ2v) is 6.52. The minimum Gasteiger partial charge on any atom is -0.348 e. The highest BCUT2D eigenvalue weighted by molar-refractivity contribution is 5.96. The number of rotatable bonds is 4. The van der Waals surface area contributed by atoms with E-state index in [1.807, 2.05) is 62.8 Å². The lowest BCUT2D eigenvalue weighted by Gasteiger charge is -2.11. The van der Waals surface area contributed by atoms with Crippen molar-refractivity contribution >= 4 is 5.91 Å². The number of aromatic amines is 1. The van der Waals surface area contributed by atoms with E-state index in [4.69, 9.17) is 0 Å². The molecular formula is C20H22N4O2. The molecule has 0 saturated carbocycles. The highest BCUT2D eigenvalue weighted by atomic mass is 16.1. The molecule has 0 unspecified atom stereocenters. The van der Waals surface area contributed by atoms with Gasteiger partial charge in [0.1, 0.15) is 5.82 Å². The van der Waals surface area contributed by atoms with Crippen molar-refractivity contribution in [3.8, 4) is 11.4 Å². The maximum absolute atomic E-state index is 12.7. The standard InChI is InChI=1S/C20H22N4O2/c1-12-5-6-15(18-21-7-8-24(18)4)10-16(12)19(25)22-11-17-13(2)9-14(3)23-20(17)26/h5-10H,11H2,1-4H3,(H,22,25)(H,23,26). The van der Waals surface area contributed by atoms with E-state index < -0.39 is 0 Å². The molecule has 0 spiro atoms.